The molecule has 1 aromatic heterocycles. The van der Waals surface area contributed by atoms with Gasteiger partial charge < -0.3 is 30.5 Å². The van der Waals surface area contributed by atoms with E-state index in [1.54, 1.807) is 6.20 Å². The van der Waals surface area contributed by atoms with Gasteiger partial charge in [-0.1, -0.05) is 81.4 Å². The molecule has 46 heavy (non-hydrogen) atoms. The van der Waals surface area contributed by atoms with Crippen molar-refractivity contribution in [3.8, 4) is 11.3 Å². The fourth-order valence-corrected chi connectivity index (χ4v) is 5.60. The molecule has 0 saturated carbocycles. The second-order valence-corrected chi connectivity index (χ2v) is 13.6. The standard InChI is InChI=1S/C36H48N4O6/c1-35(2,3)31(39-33(43)46-7)32(42)38-29(22-25-16-18-26(19-17-25)28-15-11-12-20-37-28)30(41)23-27(21-24-13-9-8-10-14-24)40(34(44)45)36(4,5)6/h8-20,27,29-31,41H,21-23H2,1-7H3,(H,38,42)(H,39,43)(H,44,45)/t27-,29-,30-,31+/m0/s1. The fraction of sp³-hybridized carbons (Fsp3) is 0.444. The predicted molar refractivity (Wildman–Crippen MR) is 178 cm³/mol. The van der Waals surface area contributed by atoms with Crippen LogP contribution in [0.4, 0.5) is 9.59 Å². The summed E-state index contributed by atoms with van der Waals surface area (Å²) in [4.78, 5) is 44.3. The summed E-state index contributed by atoms with van der Waals surface area (Å²) < 4.78 is 4.77. The van der Waals surface area contributed by atoms with Crippen LogP contribution in [0, 0.1) is 5.41 Å². The molecule has 0 unspecified atom stereocenters. The first kappa shape index (κ1) is 36.0. The third kappa shape index (κ3) is 10.3. The number of aliphatic hydroxyl groups is 1. The predicted octanol–water partition coefficient (Wildman–Crippen LogP) is 5.69. The topological polar surface area (TPSA) is 141 Å². The minimum absolute atomic E-state index is 0.0556. The van der Waals surface area contributed by atoms with Crippen molar-refractivity contribution in [2.75, 3.05) is 7.11 Å². The number of aliphatic hydroxyl groups excluding tert-OH is 1. The Bertz CT molecular complexity index is 1420. The van der Waals surface area contributed by atoms with Crippen molar-refractivity contribution in [1.29, 1.82) is 0 Å². The number of carbonyl (C=O) groups is 3. The Balaban J connectivity index is 1.97. The highest BCUT2D eigenvalue weighted by molar-refractivity contribution is 5.86. The molecule has 0 bridgehead atoms. The molecule has 0 aliphatic rings. The van der Waals surface area contributed by atoms with Crippen LogP contribution in [-0.4, -0.2) is 75.1 Å². The number of nitrogens with one attached hydrogen (secondary N) is 2. The van der Waals surface area contributed by atoms with Crippen molar-refractivity contribution in [2.45, 2.75) is 90.6 Å². The highest BCUT2D eigenvalue weighted by Gasteiger charge is 2.38. The van der Waals surface area contributed by atoms with Gasteiger partial charge in [-0.25, -0.2) is 9.59 Å². The molecular formula is C36H48N4O6. The molecular weight excluding hydrogens is 584 g/mol. The monoisotopic (exact) mass is 632 g/mol. The van der Waals surface area contributed by atoms with E-state index < -0.39 is 53.3 Å². The van der Waals surface area contributed by atoms with Crippen molar-refractivity contribution < 1.29 is 29.3 Å². The number of carboxylic acid groups (broad SMARTS) is 1. The van der Waals surface area contributed by atoms with E-state index in [0.29, 0.717) is 6.42 Å². The molecule has 0 aliphatic heterocycles. The molecule has 0 fully saturated rings. The maximum atomic E-state index is 13.8. The lowest BCUT2D eigenvalue weighted by molar-refractivity contribution is -0.127. The van der Waals surface area contributed by atoms with Crippen LogP contribution in [0.25, 0.3) is 11.3 Å². The summed E-state index contributed by atoms with van der Waals surface area (Å²) in [5.74, 6) is -0.488. The summed E-state index contributed by atoms with van der Waals surface area (Å²) in [6, 6.07) is 20.5. The van der Waals surface area contributed by atoms with E-state index in [-0.39, 0.29) is 12.8 Å². The molecule has 1 heterocycles. The lowest BCUT2D eigenvalue weighted by atomic mass is 9.85. The molecule has 0 radical (unpaired) electrons. The quantitative estimate of drug-likeness (QED) is 0.201. The van der Waals surface area contributed by atoms with Gasteiger partial charge in [-0.05, 0) is 68.7 Å². The lowest BCUT2D eigenvalue weighted by Crippen LogP contribution is -2.59. The maximum Gasteiger partial charge on any atom is 0.407 e. The number of hydrogen-bond acceptors (Lipinski definition) is 6. The number of ether oxygens (including phenoxy) is 1. The Morgan fingerprint density at radius 2 is 1.46 bits per heavy atom. The number of rotatable bonds is 12. The van der Waals surface area contributed by atoms with Gasteiger partial charge >= 0.3 is 12.2 Å². The van der Waals surface area contributed by atoms with Crippen LogP contribution in [0.2, 0.25) is 0 Å². The van der Waals surface area contributed by atoms with Crippen LogP contribution in [0.5, 0.6) is 0 Å². The van der Waals surface area contributed by atoms with Crippen molar-refractivity contribution in [2.24, 2.45) is 5.41 Å². The Kier molecular flexibility index (Phi) is 12.3. The molecule has 3 rings (SSSR count). The molecule has 4 atom stereocenters. The van der Waals surface area contributed by atoms with Crippen LogP contribution in [0.15, 0.2) is 79.0 Å². The summed E-state index contributed by atoms with van der Waals surface area (Å²) in [5, 5.41) is 27.8. The average molecular weight is 633 g/mol. The van der Waals surface area contributed by atoms with Crippen molar-refractivity contribution in [3.05, 3.63) is 90.1 Å². The zero-order valence-electron chi connectivity index (χ0n) is 27.9. The van der Waals surface area contributed by atoms with Gasteiger partial charge in [-0.15, -0.1) is 0 Å². The first-order valence-corrected chi connectivity index (χ1v) is 15.5. The van der Waals surface area contributed by atoms with Gasteiger partial charge in [0, 0.05) is 23.3 Å². The van der Waals surface area contributed by atoms with E-state index in [1.165, 1.54) is 12.0 Å². The molecule has 10 nitrogen and oxygen atoms in total. The van der Waals surface area contributed by atoms with Gasteiger partial charge in [0.15, 0.2) is 0 Å². The zero-order chi connectivity index (χ0) is 34.1. The largest absolute Gasteiger partial charge is 0.465 e. The fourth-order valence-electron chi connectivity index (χ4n) is 5.60. The van der Waals surface area contributed by atoms with Gasteiger partial charge in [0.25, 0.3) is 0 Å². The first-order valence-electron chi connectivity index (χ1n) is 15.5. The Morgan fingerprint density at radius 1 is 0.848 bits per heavy atom. The SMILES string of the molecule is COC(=O)N[C@H](C(=O)N[C@@H](Cc1ccc(-c2ccccn2)cc1)[C@@H](O)C[C@H](Cc1ccccc1)N(C(=O)O)C(C)(C)C)C(C)(C)C. The van der Waals surface area contributed by atoms with E-state index in [0.717, 1.165) is 22.4 Å². The second kappa shape index (κ2) is 15.7. The van der Waals surface area contributed by atoms with Gasteiger partial charge in [0.2, 0.25) is 5.91 Å². The number of carbonyl (C=O) groups excluding carboxylic acids is 2. The minimum Gasteiger partial charge on any atom is -0.465 e. The Morgan fingerprint density at radius 3 is 1.98 bits per heavy atom. The van der Waals surface area contributed by atoms with Crippen molar-refractivity contribution in [1.82, 2.24) is 20.5 Å². The molecule has 248 valence electrons. The minimum atomic E-state index is -1.14. The third-order valence-electron chi connectivity index (χ3n) is 7.86. The number of amides is 3. The maximum absolute atomic E-state index is 13.8. The van der Waals surface area contributed by atoms with Crippen LogP contribution in [-0.2, 0) is 22.4 Å². The molecule has 3 amide bonds. The molecule has 2 aromatic carbocycles. The highest BCUT2D eigenvalue weighted by atomic mass is 16.5. The number of pyridine rings is 1. The number of nitrogens with zero attached hydrogens (tertiary/aromatic N) is 2. The average Bonchev–Trinajstić information content (AvgIpc) is 2.99. The lowest BCUT2D eigenvalue weighted by Gasteiger charge is -2.41. The summed E-state index contributed by atoms with van der Waals surface area (Å²) in [5.41, 5.74) is 2.08. The number of aromatic nitrogens is 1. The van der Waals surface area contributed by atoms with E-state index >= 15 is 0 Å². The van der Waals surface area contributed by atoms with Crippen molar-refractivity contribution >= 4 is 18.1 Å². The first-order chi connectivity index (χ1) is 21.6. The summed E-state index contributed by atoms with van der Waals surface area (Å²) in [6.07, 6.45) is -0.580. The number of hydrogen-bond donors (Lipinski definition) is 4. The molecule has 0 spiro atoms. The van der Waals surface area contributed by atoms with Crippen LogP contribution in [0.3, 0.4) is 0 Å². The smallest absolute Gasteiger partial charge is 0.407 e. The van der Waals surface area contributed by atoms with Gasteiger partial charge in [-0.2, -0.15) is 0 Å². The van der Waals surface area contributed by atoms with Gasteiger partial charge in [-0.3, -0.25) is 9.78 Å². The van der Waals surface area contributed by atoms with Crippen LogP contribution in [0.1, 0.15) is 59.1 Å². The molecule has 4 N–H and O–H groups in total. The van der Waals surface area contributed by atoms with Gasteiger partial charge in [0.05, 0.1) is 24.9 Å². The summed E-state index contributed by atoms with van der Waals surface area (Å²) in [7, 11) is 1.23. The Hall–Kier alpha value is -4.44. The zero-order valence-corrected chi connectivity index (χ0v) is 27.9. The second-order valence-electron chi connectivity index (χ2n) is 13.6. The number of methoxy groups -OCH3 is 1. The van der Waals surface area contributed by atoms with Gasteiger partial charge in [0.1, 0.15) is 6.04 Å². The molecule has 3 aromatic rings. The molecule has 10 heteroatoms. The molecule has 0 aliphatic carbocycles. The van der Waals surface area contributed by atoms with E-state index in [1.807, 2.05) is 114 Å². The number of benzene rings is 2. The van der Waals surface area contributed by atoms with Crippen molar-refractivity contribution in [3.63, 3.8) is 0 Å². The normalized spacial score (nSPS) is 14.3. The van der Waals surface area contributed by atoms with Crippen LogP contribution < -0.4 is 10.6 Å². The van der Waals surface area contributed by atoms with E-state index in [4.69, 9.17) is 4.74 Å². The summed E-state index contributed by atoms with van der Waals surface area (Å²) in [6.45, 7) is 10.9. The van der Waals surface area contributed by atoms with Crippen LogP contribution >= 0.6 is 0 Å². The third-order valence-corrected chi connectivity index (χ3v) is 7.86. The van der Waals surface area contributed by atoms with E-state index in [2.05, 4.69) is 15.6 Å². The highest BCUT2D eigenvalue weighted by Crippen LogP contribution is 2.26. The Labute approximate surface area is 272 Å². The van der Waals surface area contributed by atoms with E-state index in [9.17, 15) is 24.6 Å². The summed E-state index contributed by atoms with van der Waals surface area (Å²) >= 11 is 0. The molecule has 0 saturated heterocycles. The number of alkyl carbamates (subject to hydrolysis) is 1.